The first-order valence-corrected chi connectivity index (χ1v) is 23.0. The van der Waals surface area contributed by atoms with Crippen molar-refractivity contribution in [2.45, 2.75) is 20.8 Å². The van der Waals surface area contributed by atoms with Gasteiger partial charge in [-0.3, -0.25) is 0 Å². The Kier molecular flexibility index (Phi) is 9.65. The Morgan fingerprint density at radius 2 is 0.621 bits per heavy atom. The van der Waals surface area contributed by atoms with Gasteiger partial charge in [0.1, 0.15) is 0 Å². The van der Waals surface area contributed by atoms with E-state index >= 15 is 0 Å². The van der Waals surface area contributed by atoms with Gasteiger partial charge in [0.15, 0.2) is 0 Å². The fourth-order valence-electron chi connectivity index (χ4n) is 10.8. The van der Waals surface area contributed by atoms with Gasteiger partial charge in [-0.05, 0) is 152 Å². The van der Waals surface area contributed by atoms with Crippen LogP contribution in [-0.4, -0.2) is 6.71 Å². The molecule has 312 valence electrons. The lowest BCUT2D eigenvalue weighted by atomic mass is 9.33. The first-order valence-electron chi connectivity index (χ1n) is 23.0. The van der Waals surface area contributed by atoms with Gasteiger partial charge in [0.2, 0.25) is 0 Å². The molecule has 0 spiro atoms. The van der Waals surface area contributed by atoms with E-state index in [0.29, 0.717) is 0 Å². The van der Waals surface area contributed by atoms with Crippen molar-refractivity contribution in [3.05, 3.63) is 247 Å². The Morgan fingerprint density at radius 1 is 0.288 bits per heavy atom. The molecule has 2 heterocycles. The maximum Gasteiger partial charge on any atom is 0.252 e. The Hall–Kier alpha value is -8.14. The van der Waals surface area contributed by atoms with Crippen LogP contribution in [0.15, 0.2) is 231 Å². The lowest BCUT2D eigenvalue weighted by Gasteiger charge is -2.45. The van der Waals surface area contributed by atoms with E-state index < -0.39 is 0 Å². The quantitative estimate of drug-likeness (QED) is 0.148. The SMILES string of the molecule is Cc1cc(C)c(-c2cc3c4c(c2)N(c2ccc(-c5ccccc5)cc2)c2ccc(-c5ccccc5)cc2B4c2cc(-c4ccccc4)ccc2N3c2ccc(-c3ccccc3)cc2)c(C)c1. The minimum absolute atomic E-state index is 0.0544. The molecule has 0 atom stereocenters. The second-order valence-electron chi connectivity index (χ2n) is 17.9. The second-order valence-corrected chi connectivity index (χ2v) is 17.9. The second kappa shape index (κ2) is 16.1. The van der Waals surface area contributed by atoms with Crippen LogP contribution >= 0.6 is 0 Å². The van der Waals surface area contributed by atoms with Crippen molar-refractivity contribution < 1.29 is 0 Å². The van der Waals surface area contributed by atoms with Crippen LogP contribution in [0.1, 0.15) is 16.7 Å². The van der Waals surface area contributed by atoms with Crippen LogP contribution < -0.4 is 26.2 Å². The summed E-state index contributed by atoms with van der Waals surface area (Å²) in [5.74, 6) is 0. The molecule has 2 nitrogen and oxygen atoms in total. The normalized spacial score (nSPS) is 12.4. The van der Waals surface area contributed by atoms with E-state index in [-0.39, 0.29) is 6.71 Å². The summed E-state index contributed by atoms with van der Waals surface area (Å²) in [7, 11) is 0. The van der Waals surface area contributed by atoms with E-state index in [2.05, 4.69) is 261 Å². The lowest BCUT2D eigenvalue weighted by molar-refractivity contribution is 1.25. The number of aryl methyl sites for hydroxylation is 3. The maximum absolute atomic E-state index is 2.54. The summed E-state index contributed by atoms with van der Waals surface area (Å²) in [5.41, 5.74) is 26.9. The van der Waals surface area contributed by atoms with Crippen molar-refractivity contribution in [2.75, 3.05) is 9.80 Å². The predicted octanol–water partition coefficient (Wildman–Crippen LogP) is 15.0. The third-order valence-electron chi connectivity index (χ3n) is 13.7. The minimum Gasteiger partial charge on any atom is -0.311 e. The summed E-state index contributed by atoms with van der Waals surface area (Å²) >= 11 is 0. The van der Waals surface area contributed by atoms with E-state index in [1.807, 2.05) is 0 Å². The van der Waals surface area contributed by atoms with Crippen molar-refractivity contribution in [3.63, 3.8) is 0 Å². The van der Waals surface area contributed by atoms with Gasteiger partial charge in [-0.15, -0.1) is 0 Å². The first-order chi connectivity index (χ1) is 32.5. The molecule has 0 aliphatic carbocycles. The van der Waals surface area contributed by atoms with Gasteiger partial charge in [0.05, 0.1) is 0 Å². The van der Waals surface area contributed by atoms with E-state index in [0.717, 1.165) is 11.4 Å². The lowest BCUT2D eigenvalue weighted by Crippen LogP contribution is -2.61. The summed E-state index contributed by atoms with van der Waals surface area (Å²) < 4.78 is 0. The maximum atomic E-state index is 2.54. The summed E-state index contributed by atoms with van der Waals surface area (Å²) in [4.78, 5) is 5.08. The van der Waals surface area contributed by atoms with E-state index in [9.17, 15) is 0 Å². The number of anilines is 6. The van der Waals surface area contributed by atoms with Crippen LogP contribution in [0.25, 0.3) is 55.6 Å². The minimum atomic E-state index is -0.0544. The molecule has 0 aromatic heterocycles. The van der Waals surface area contributed by atoms with Crippen LogP contribution in [0.5, 0.6) is 0 Å². The van der Waals surface area contributed by atoms with Gasteiger partial charge in [0.25, 0.3) is 6.71 Å². The van der Waals surface area contributed by atoms with Crippen LogP contribution in [0.2, 0.25) is 0 Å². The van der Waals surface area contributed by atoms with E-state index in [4.69, 9.17) is 0 Å². The molecule has 0 radical (unpaired) electrons. The zero-order valence-electron chi connectivity index (χ0n) is 37.4. The fraction of sp³-hybridized carbons (Fsp3) is 0.0476. The molecule has 12 rings (SSSR count). The van der Waals surface area contributed by atoms with Gasteiger partial charge < -0.3 is 9.80 Å². The largest absolute Gasteiger partial charge is 0.311 e. The summed E-state index contributed by atoms with van der Waals surface area (Å²) in [6.07, 6.45) is 0. The molecule has 0 fully saturated rings. The number of hydrogen-bond acceptors (Lipinski definition) is 2. The summed E-state index contributed by atoms with van der Waals surface area (Å²) in [6, 6.07) is 85.4. The Balaban J connectivity index is 1.17. The molecular formula is C63H47BN2. The van der Waals surface area contributed by atoms with Crippen molar-refractivity contribution >= 4 is 57.2 Å². The van der Waals surface area contributed by atoms with Crippen LogP contribution in [0.4, 0.5) is 34.1 Å². The summed E-state index contributed by atoms with van der Waals surface area (Å²) in [5, 5.41) is 0. The standard InChI is InChI=1S/C63H47BN2/c1-42-36-43(2)62(44(3)37-42)53-40-60-63-61(41-53)66(55-32-26-50(27-33-55)46-18-10-5-11-19-46)59-35-29-52(48-22-14-7-15-23-48)39-57(59)64(63)56-38-51(47-20-12-6-13-21-47)28-34-58(56)65(60)54-30-24-49(25-31-54)45-16-8-4-9-17-45/h4-41H,1-3H3. The monoisotopic (exact) mass is 842 g/mol. The fourth-order valence-corrected chi connectivity index (χ4v) is 10.8. The van der Waals surface area contributed by atoms with Gasteiger partial charge in [0, 0.05) is 34.1 Å². The molecule has 0 N–H and O–H groups in total. The highest BCUT2D eigenvalue weighted by Crippen LogP contribution is 2.48. The molecule has 2 aliphatic rings. The third kappa shape index (κ3) is 6.75. The third-order valence-corrected chi connectivity index (χ3v) is 13.7. The molecule has 0 unspecified atom stereocenters. The molecule has 10 aromatic rings. The number of fused-ring (bicyclic) bond motifs is 4. The molecule has 0 amide bonds. The van der Waals surface area contributed by atoms with Crippen LogP contribution in [0, 0.1) is 20.8 Å². The molecular weight excluding hydrogens is 796 g/mol. The molecule has 0 bridgehead atoms. The van der Waals surface area contributed by atoms with E-state index in [1.54, 1.807) is 0 Å². The first kappa shape index (κ1) is 39.5. The van der Waals surface area contributed by atoms with Gasteiger partial charge in [-0.2, -0.15) is 0 Å². The molecule has 10 aromatic carbocycles. The molecule has 0 saturated carbocycles. The Bertz CT molecular complexity index is 3200. The smallest absolute Gasteiger partial charge is 0.252 e. The number of benzene rings is 10. The molecule has 0 saturated heterocycles. The number of nitrogens with zero attached hydrogens (tertiary/aromatic N) is 2. The highest BCUT2D eigenvalue weighted by Gasteiger charge is 2.44. The Labute approximate surface area is 388 Å². The van der Waals surface area contributed by atoms with Gasteiger partial charge >= 0.3 is 0 Å². The zero-order chi connectivity index (χ0) is 44.3. The molecule has 3 heteroatoms. The van der Waals surface area contributed by atoms with Crippen molar-refractivity contribution in [2.24, 2.45) is 0 Å². The topological polar surface area (TPSA) is 6.48 Å². The van der Waals surface area contributed by atoms with Crippen molar-refractivity contribution in [1.82, 2.24) is 0 Å². The van der Waals surface area contributed by atoms with Crippen molar-refractivity contribution in [1.29, 1.82) is 0 Å². The highest BCUT2D eigenvalue weighted by molar-refractivity contribution is 7.00. The number of hydrogen-bond donors (Lipinski definition) is 0. The predicted molar refractivity (Wildman–Crippen MR) is 282 cm³/mol. The van der Waals surface area contributed by atoms with Crippen molar-refractivity contribution in [3.8, 4) is 55.6 Å². The van der Waals surface area contributed by atoms with Crippen LogP contribution in [-0.2, 0) is 0 Å². The average molecular weight is 843 g/mol. The van der Waals surface area contributed by atoms with Crippen LogP contribution in [0.3, 0.4) is 0 Å². The molecule has 66 heavy (non-hydrogen) atoms. The average Bonchev–Trinajstić information content (AvgIpc) is 3.37. The van der Waals surface area contributed by atoms with Gasteiger partial charge in [-0.1, -0.05) is 188 Å². The van der Waals surface area contributed by atoms with Gasteiger partial charge in [-0.25, -0.2) is 0 Å². The Morgan fingerprint density at radius 3 is 1.00 bits per heavy atom. The zero-order valence-corrected chi connectivity index (χ0v) is 37.4. The highest BCUT2D eigenvalue weighted by atomic mass is 15.2. The van der Waals surface area contributed by atoms with E-state index in [1.165, 1.54) is 111 Å². The summed E-state index contributed by atoms with van der Waals surface area (Å²) in [6.45, 7) is 6.68. The number of rotatable bonds is 7. The molecule has 2 aliphatic heterocycles.